The first-order valence-electron chi connectivity index (χ1n) is 2.65. The van der Waals surface area contributed by atoms with Gasteiger partial charge in [0.05, 0.1) is 0 Å². The zero-order chi connectivity index (χ0) is 7.28. The van der Waals surface area contributed by atoms with Gasteiger partial charge in [-0.25, -0.2) is 0 Å². The Bertz CT molecular complexity index is 97.0. The van der Waals surface area contributed by atoms with E-state index in [0.29, 0.717) is 6.42 Å². The van der Waals surface area contributed by atoms with Gasteiger partial charge in [-0.2, -0.15) is 11.8 Å². The molecule has 0 saturated carbocycles. The Hall–Kier alpha value is -0.220. The van der Waals surface area contributed by atoms with Crippen molar-refractivity contribution in [3.8, 4) is 0 Å². The van der Waals surface area contributed by atoms with Crippen molar-refractivity contribution in [2.24, 2.45) is 5.73 Å². The molecule has 0 aliphatic rings. The van der Waals surface area contributed by atoms with Gasteiger partial charge in [0.15, 0.2) is 0 Å². The lowest BCUT2D eigenvalue weighted by atomic mass is 10.2. The highest BCUT2D eigenvalue weighted by Gasteiger charge is 2.08. The van der Waals surface area contributed by atoms with E-state index in [1.807, 2.05) is 6.26 Å². The van der Waals surface area contributed by atoms with Crippen molar-refractivity contribution < 1.29 is 9.90 Å². The topological polar surface area (TPSA) is 63.3 Å². The van der Waals surface area contributed by atoms with E-state index < -0.39 is 12.0 Å². The predicted octanol–water partition coefficient (Wildman–Crippen LogP) is 0.151. The fourth-order valence-corrected chi connectivity index (χ4v) is 0.858. The monoisotopic (exact) mass is 150 g/mol. The molecule has 54 valence electrons. The van der Waals surface area contributed by atoms with Crippen LogP contribution in [0.4, 0.5) is 0 Å². The molecule has 0 aliphatic heterocycles. The van der Waals surface area contributed by atoms with Crippen LogP contribution in [-0.2, 0) is 4.79 Å². The van der Waals surface area contributed by atoms with E-state index >= 15 is 0 Å². The number of nitrogens with two attached hydrogens (primary N) is 1. The predicted molar refractivity (Wildman–Crippen MR) is 38.6 cm³/mol. The second kappa shape index (κ2) is 4.64. The maximum Gasteiger partial charge on any atom is 0.320 e. The normalized spacial score (nSPS) is 13.1. The molecule has 0 aliphatic carbocycles. The third-order valence-corrected chi connectivity index (χ3v) is 1.59. The lowest BCUT2D eigenvalue weighted by Crippen LogP contribution is -2.30. The summed E-state index contributed by atoms with van der Waals surface area (Å²) >= 11 is 1.60. The van der Waals surface area contributed by atoms with Gasteiger partial charge in [0.2, 0.25) is 0 Å². The van der Waals surface area contributed by atoms with Gasteiger partial charge in [0.25, 0.3) is 0 Å². The van der Waals surface area contributed by atoms with Crippen LogP contribution in [0.2, 0.25) is 0 Å². The van der Waals surface area contributed by atoms with E-state index in [0.717, 1.165) is 5.75 Å². The van der Waals surface area contributed by atoms with Gasteiger partial charge in [0, 0.05) is 0 Å². The quantitative estimate of drug-likeness (QED) is 0.560. The minimum atomic E-state index is -0.913. The fourth-order valence-electron chi connectivity index (χ4n) is 0.368. The highest BCUT2D eigenvalue weighted by molar-refractivity contribution is 7.98. The summed E-state index contributed by atoms with van der Waals surface area (Å²) in [6.07, 6.45) is 2.48. The lowest BCUT2D eigenvalue weighted by Gasteiger charge is -2.02. The van der Waals surface area contributed by atoms with Crippen LogP contribution < -0.4 is 5.73 Å². The van der Waals surface area contributed by atoms with Crippen molar-refractivity contribution >= 4 is 17.7 Å². The Morgan fingerprint density at radius 1 is 1.89 bits per heavy atom. The third kappa shape index (κ3) is 4.29. The van der Waals surface area contributed by atoms with Crippen molar-refractivity contribution in [1.82, 2.24) is 0 Å². The molecule has 3 N–H and O–H groups in total. The minimum Gasteiger partial charge on any atom is -0.480 e. The van der Waals surface area contributed by atoms with Crippen molar-refractivity contribution in [1.29, 1.82) is 0 Å². The molecule has 3 nitrogen and oxygen atoms in total. The summed E-state index contributed by atoms with van der Waals surface area (Å²) in [4.78, 5) is 10.1. The molecule has 0 spiro atoms. The molecule has 0 aromatic carbocycles. The van der Waals surface area contributed by atoms with Gasteiger partial charge in [-0.05, 0) is 18.4 Å². The first kappa shape index (κ1) is 8.78. The molecular formula is C5H11NO2S. The number of hydrogen-bond acceptors (Lipinski definition) is 3. The van der Waals surface area contributed by atoms with Gasteiger partial charge >= 0.3 is 5.97 Å². The minimum absolute atomic E-state index is 0.552. The number of carbonyl (C=O) groups is 1. The largest absolute Gasteiger partial charge is 0.480 e. The molecule has 4 heteroatoms. The van der Waals surface area contributed by atoms with Gasteiger partial charge in [-0.3, -0.25) is 4.79 Å². The van der Waals surface area contributed by atoms with Crippen molar-refractivity contribution in [2.75, 3.05) is 12.0 Å². The standard InChI is InChI=1S/C5H11NO2S/c1-9-3-2-4(6)5(7)8/h4H,2-3,6H2,1H3,(H,7,8)/t4-/m0/s1/i1+1. The van der Waals surface area contributed by atoms with E-state index in [9.17, 15) is 4.79 Å². The van der Waals surface area contributed by atoms with Crippen LogP contribution in [-0.4, -0.2) is 29.1 Å². The lowest BCUT2D eigenvalue weighted by molar-refractivity contribution is -0.138. The average molecular weight is 150 g/mol. The summed E-state index contributed by atoms with van der Waals surface area (Å²) in [5.41, 5.74) is 5.19. The van der Waals surface area contributed by atoms with Gasteiger partial charge in [0.1, 0.15) is 6.04 Å². The molecule has 0 aromatic heterocycles. The summed E-state index contributed by atoms with van der Waals surface area (Å²) in [6, 6.07) is -0.683. The van der Waals surface area contributed by atoms with E-state index in [2.05, 4.69) is 0 Å². The van der Waals surface area contributed by atoms with Gasteiger partial charge in [-0.15, -0.1) is 0 Å². The van der Waals surface area contributed by atoms with Crippen LogP contribution in [0.3, 0.4) is 0 Å². The van der Waals surface area contributed by atoms with E-state index in [1.165, 1.54) is 0 Å². The van der Waals surface area contributed by atoms with Gasteiger partial charge in [-0.1, -0.05) is 0 Å². The Labute approximate surface area is 58.6 Å². The molecule has 0 saturated heterocycles. The van der Waals surface area contributed by atoms with Crippen molar-refractivity contribution in [3.05, 3.63) is 0 Å². The molecule has 0 fully saturated rings. The Balaban J connectivity index is 3.27. The van der Waals surface area contributed by atoms with Crippen LogP contribution in [0.25, 0.3) is 0 Å². The Morgan fingerprint density at radius 2 is 2.44 bits per heavy atom. The summed E-state index contributed by atoms with van der Waals surface area (Å²) in [5, 5.41) is 8.27. The Kier molecular flexibility index (Phi) is 4.53. The molecule has 9 heavy (non-hydrogen) atoms. The molecule has 0 rings (SSSR count). The average Bonchev–Trinajstić information content (AvgIpc) is 1.82. The molecule has 0 unspecified atom stereocenters. The first-order chi connectivity index (χ1) is 4.18. The van der Waals surface area contributed by atoms with Crippen LogP contribution in [0.5, 0.6) is 0 Å². The highest BCUT2D eigenvalue weighted by Crippen LogP contribution is 1.97. The number of carboxylic acids is 1. The fraction of sp³-hybridized carbons (Fsp3) is 0.800. The molecular weight excluding hydrogens is 139 g/mol. The van der Waals surface area contributed by atoms with Crippen molar-refractivity contribution in [3.63, 3.8) is 0 Å². The highest BCUT2D eigenvalue weighted by atomic mass is 32.2. The molecule has 0 heterocycles. The second-order valence-corrected chi connectivity index (χ2v) is 2.71. The molecule has 0 amide bonds. The summed E-state index contributed by atoms with van der Waals surface area (Å²) < 4.78 is 0. The van der Waals surface area contributed by atoms with E-state index in [1.54, 1.807) is 11.8 Å². The van der Waals surface area contributed by atoms with Crippen LogP contribution in [0.1, 0.15) is 6.42 Å². The van der Waals surface area contributed by atoms with Gasteiger partial charge < -0.3 is 10.8 Å². The summed E-state index contributed by atoms with van der Waals surface area (Å²) in [5.74, 6) is -0.1000. The number of thioether (sulfide) groups is 1. The van der Waals surface area contributed by atoms with E-state index in [4.69, 9.17) is 10.8 Å². The second-order valence-electron chi connectivity index (χ2n) is 1.73. The van der Waals surface area contributed by atoms with E-state index in [-0.39, 0.29) is 0 Å². The Morgan fingerprint density at radius 3 is 2.78 bits per heavy atom. The maximum atomic E-state index is 10.1. The van der Waals surface area contributed by atoms with Crippen LogP contribution in [0, 0.1) is 0 Å². The number of carboxylic acid groups (broad SMARTS) is 1. The third-order valence-electron chi connectivity index (χ3n) is 0.950. The maximum absolute atomic E-state index is 10.1. The first-order valence-corrected chi connectivity index (χ1v) is 4.05. The number of hydrogen-bond donors (Lipinski definition) is 2. The zero-order valence-corrected chi connectivity index (χ0v) is 6.15. The summed E-state index contributed by atoms with van der Waals surface area (Å²) in [7, 11) is 0. The SMILES string of the molecule is [13CH3]SCC[C@H](N)C(=O)O. The smallest absolute Gasteiger partial charge is 0.320 e. The molecule has 1 atom stereocenters. The number of rotatable bonds is 4. The van der Waals surface area contributed by atoms with Crippen molar-refractivity contribution in [2.45, 2.75) is 12.5 Å². The summed E-state index contributed by atoms with van der Waals surface area (Å²) in [6.45, 7) is 0. The number of aliphatic carboxylic acids is 1. The molecule has 0 bridgehead atoms. The molecule has 0 radical (unpaired) electrons. The van der Waals surface area contributed by atoms with Crippen LogP contribution in [0.15, 0.2) is 0 Å². The molecule has 0 aromatic rings. The van der Waals surface area contributed by atoms with Crippen LogP contribution >= 0.6 is 11.8 Å². The zero-order valence-electron chi connectivity index (χ0n) is 5.33.